The highest BCUT2D eigenvalue weighted by atomic mass is 16.4. The Balaban J connectivity index is -0.0000000579. The molecule has 0 rings (SSSR count). The number of aliphatic carboxylic acids is 4. The summed E-state index contributed by atoms with van der Waals surface area (Å²) in [6.45, 7) is 0. The number of quaternary nitrogens is 4. The molecular weight excluding hydrogens is 328 g/mol. The first-order valence-electron chi connectivity index (χ1n) is 6.05. The summed E-state index contributed by atoms with van der Waals surface area (Å²) in [5.41, 5.74) is 0. The van der Waals surface area contributed by atoms with E-state index in [2.05, 4.69) is 0 Å². The molecule has 0 amide bonds. The lowest BCUT2D eigenvalue weighted by atomic mass is 10.2. The number of carboxylic acids is 4. The Bertz CT molecular complexity index is 275. The van der Waals surface area contributed by atoms with E-state index in [1.165, 1.54) is 0 Å². The fourth-order valence-electron chi connectivity index (χ4n) is 1.08. The van der Waals surface area contributed by atoms with Crippen LogP contribution in [0.5, 0.6) is 0 Å². The van der Waals surface area contributed by atoms with Crippen LogP contribution >= 0.6 is 0 Å². The number of rotatable bonds is 10. The molecule has 12 heteroatoms. The van der Waals surface area contributed by atoms with Crippen molar-refractivity contribution in [2.24, 2.45) is 0 Å². The molecule has 0 bridgehead atoms. The molecule has 0 saturated heterocycles. The molecular formula is C12H32N4O8. The first-order chi connectivity index (χ1) is 9.25. The highest BCUT2D eigenvalue weighted by molar-refractivity contribution is 5.66. The van der Waals surface area contributed by atoms with Crippen LogP contribution in [0.25, 0.3) is 0 Å². The van der Waals surface area contributed by atoms with Crippen molar-refractivity contribution in [3.8, 4) is 0 Å². The molecule has 0 aliphatic rings. The predicted molar refractivity (Wildman–Crippen MR) is 80.9 cm³/mol. The molecule has 0 saturated carbocycles. The second-order valence-corrected chi connectivity index (χ2v) is 3.90. The lowest BCUT2D eigenvalue weighted by molar-refractivity contribution is -0.308. The number of hydrogen-bond donors (Lipinski definition) is 4. The quantitative estimate of drug-likeness (QED) is 0.303. The van der Waals surface area contributed by atoms with Gasteiger partial charge in [-0.05, 0) is 51.4 Å². The van der Waals surface area contributed by atoms with E-state index < -0.39 is 23.9 Å². The van der Waals surface area contributed by atoms with Crippen molar-refractivity contribution in [2.45, 2.75) is 51.4 Å². The maximum absolute atomic E-state index is 9.77. The zero-order valence-electron chi connectivity index (χ0n) is 14.9. The second kappa shape index (κ2) is 25.7. The smallest absolute Gasteiger partial charge is 0.0414 e. The standard InChI is InChI=1S/2C6H10O4.4H3N/c2*7-5(8)3-1-2-4-6(9)10;;;;/h2*1-4H2,(H,7,8)(H,9,10);4*1H3. The number of carbonyl (C=O) groups is 4. The molecule has 0 heterocycles. The minimum Gasteiger partial charge on any atom is -0.550 e. The maximum atomic E-state index is 9.77. The van der Waals surface area contributed by atoms with E-state index in [1.54, 1.807) is 0 Å². The highest BCUT2D eigenvalue weighted by Crippen LogP contribution is 1.97. The summed E-state index contributed by atoms with van der Waals surface area (Å²) in [6.07, 6.45) is 1.07. The van der Waals surface area contributed by atoms with Crippen LogP contribution in [0.15, 0.2) is 0 Å². The lowest BCUT2D eigenvalue weighted by Crippen LogP contribution is -2.23. The zero-order chi connectivity index (χ0) is 16.0. The number of carboxylic acid groups (broad SMARTS) is 4. The fraction of sp³-hybridized carbons (Fsp3) is 0.667. The number of unbranched alkanes of at least 4 members (excludes halogenated alkanes) is 2. The van der Waals surface area contributed by atoms with E-state index in [0.29, 0.717) is 25.7 Å². The third-order valence-electron chi connectivity index (χ3n) is 2.02. The molecule has 0 aromatic carbocycles. The van der Waals surface area contributed by atoms with Gasteiger partial charge in [0.1, 0.15) is 0 Å². The van der Waals surface area contributed by atoms with Crippen LogP contribution in [-0.2, 0) is 19.2 Å². The molecule has 0 aromatic heterocycles. The zero-order valence-corrected chi connectivity index (χ0v) is 14.9. The molecule has 12 nitrogen and oxygen atoms in total. The SMILES string of the molecule is O=C([O-])CCCCC(=O)[O-].O=C([O-])CCCCC(=O)[O-].[NH4+].[NH4+].[NH4+].[NH4+]. The van der Waals surface area contributed by atoms with Crippen molar-refractivity contribution in [1.29, 1.82) is 0 Å². The average Bonchev–Trinajstić information content (AvgIpc) is 2.30. The van der Waals surface area contributed by atoms with Gasteiger partial charge in [0.15, 0.2) is 0 Å². The van der Waals surface area contributed by atoms with Crippen molar-refractivity contribution in [1.82, 2.24) is 24.6 Å². The fourth-order valence-corrected chi connectivity index (χ4v) is 1.08. The Hall–Kier alpha value is -2.28. The van der Waals surface area contributed by atoms with Crippen molar-refractivity contribution >= 4 is 23.9 Å². The maximum Gasteiger partial charge on any atom is 0.0414 e. The van der Waals surface area contributed by atoms with Crippen molar-refractivity contribution < 1.29 is 39.6 Å². The first-order valence-corrected chi connectivity index (χ1v) is 6.05. The Morgan fingerprint density at radius 1 is 0.417 bits per heavy atom. The van der Waals surface area contributed by atoms with Gasteiger partial charge in [0, 0.05) is 23.9 Å². The van der Waals surface area contributed by atoms with Crippen LogP contribution in [0.4, 0.5) is 0 Å². The van der Waals surface area contributed by atoms with Crippen LogP contribution in [-0.4, -0.2) is 23.9 Å². The van der Waals surface area contributed by atoms with E-state index in [1.807, 2.05) is 0 Å². The van der Waals surface area contributed by atoms with Crippen LogP contribution in [0.3, 0.4) is 0 Å². The summed E-state index contributed by atoms with van der Waals surface area (Å²) in [6, 6.07) is 0. The predicted octanol–water partition coefficient (Wildman–Crippen LogP) is -2.40. The van der Waals surface area contributed by atoms with Crippen molar-refractivity contribution in [3.05, 3.63) is 0 Å². The van der Waals surface area contributed by atoms with Gasteiger partial charge in [-0.3, -0.25) is 0 Å². The van der Waals surface area contributed by atoms with E-state index in [0.717, 1.165) is 0 Å². The molecule has 16 N–H and O–H groups in total. The van der Waals surface area contributed by atoms with E-state index in [9.17, 15) is 39.6 Å². The molecule has 0 radical (unpaired) electrons. The average molecular weight is 360 g/mol. The molecule has 0 aromatic rings. The summed E-state index contributed by atoms with van der Waals surface area (Å²) in [7, 11) is 0. The normalized spacial score (nSPS) is 7.67. The van der Waals surface area contributed by atoms with E-state index in [-0.39, 0.29) is 50.3 Å². The summed E-state index contributed by atoms with van der Waals surface area (Å²) in [5.74, 6) is -4.56. The Morgan fingerprint density at radius 2 is 0.542 bits per heavy atom. The third kappa shape index (κ3) is 50.3. The minimum absolute atomic E-state index is 0. The first kappa shape index (κ1) is 37.7. The largest absolute Gasteiger partial charge is 0.550 e. The summed E-state index contributed by atoms with van der Waals surface area (Å²) in [4.78, 5) is 39.1. The summed E-state index contributed by atoms with van der Waals surface area (Å²) in [5, 5.41) is 39.1. The summed E-state index contributed by atoms with van der Waals surface area (Å²) < 4.78 is 0. The summed E-state index contributed by atoms with van der Waals surface area (Å²) >= 11 is 0. The highest BCUT2D eigenvalue weighted by Gasteiger charge is 1.89. The van der Waals surface area contributed by atoms with Crippen molar-refractivity contribution in [2.75, 3.05) is 0 Å². The lowest BCUT2D eigenvalue weighted by Gasteiger charge is -2.01. The Kier molecular flexibility index (Phi) is 40.3. The van der Waals surface area contributed by atoms with Gasteiger partial charge in [-0.1, -0.05) is 0 Å². The van der Waals surface area contributed by atoms with Gasteiger partial charge >= 0.3 is 0 Å². The van der Waals surface area contributed by atoms with Gasteiger partial charge in [0.2, 0.25) is 0 Å². The number of hydrogen-bond acceptors (Lipinski definition) is 8. The van der Waals surface area contributed by atoms with Crippen LogP contribution in [0.2, 0.25) is 0 Å². The third-order valence-corrected chi connectivity index (χ3v) is 2.02. The van der Waals surface area contributed by atoms with Gasteiger partial charge in [0.25, 0.3) is 0 Å². The van der Waals surface area contributed by atoms with E-state index >= 15 is 0 Å². The van der Waals surface area contributed by atoms with Crippen LogP contribution < -0.4 is 45.0 Å². The van der Waals surface area contributed by atoms with Crippen molar-refractivity contribution in [3.63, 3.8) is 0 Å². The van der Waals surface area contributed by atoms with Gasteiger partial charge in [-0.2, -0.15) is 0 Å². The molecule has 0 atom stereocenters. The Labute approximate surface area is 140 Å². The molecule has 0 fully saturated rings. The van der Waals surface area contributed by atoms with Crippen LogP contribution in [0.1, 0.15) is 51.4 Å². The molecule has 24 heavy (non-hydrogen) atoms. The minimum atomic E-state index is -1.14. The molecule has 0 spiro atoms. The van der Waals surface area contributed by atoms with Crippen LogP contribution in [0, 0.1) is 0 Å². The molecule has 0 aliphatic carbocycles. The molecule has 0 unspecified atom stereocenters. The number of carbonyl (C=O) groups excluding carboxylic acids is 4. The van der Waals surface area contributed by atoms with Gasteiger partial charge < -0.3 is 64.2 Å². The van der Waals surface area contributed by atoms with Gasteiger partial charge in [0.05, 0.1) is 0 Å². The second-order valence-electron chi connectivity index (χ2n) is 3.90. The molecule has 148 valence electrons. The van der Waals surface area contributed by atoms with E-state index in [4.69, 9.17) is 0 Å². The topological polar surface area (TPSA) is 307 Å². The Morgan fingerprint density at radius 3 is 0.625 bits per heavy atom. The molecule has 0 aliphatic heterocycles. The van der Waals surface area contributed by atoms with Gasteiger partial charge in [-0.15, -0.1) is 0 Å². The monoisotopic (exact) mass is 360 g/mol. The van der Waals surface area contributed by atoms with Gasteiger partial charge in [-0.25, -0.2) is 0 Å².